The summed E-state index contributed by atoms with van der Waals surface area (Å²) in [6.45, 7) is 2.81. The monoisotopic (exact) mass is 705 g/mol. The van der Waals surface area contributed by atoms with Crippen molar-refractivity contribution < 1.29 is 18.0 Å². The smallest absolute Gasteiger partial charge is 0.264 e. The molecule has 2 amide bonds. The largest absolute Gasteiger partial charge is 0.352 e. The maximum atomic E-state index is 14.5. The van der Waals surface area contributed by atoms with Gasteiger partial charge < -0.3 is 10.2 Å². The predicted octanol–water partition coefficient (Wildman–Crippen LogP) is 7.66. The van der Waals surface area contributed by atoms with Crippen molar-refractivity contribution in [3.63, 3.8) is 0 Å². The van der Waals surface area contributed by atoms with E-state index in [4.69, 9.17) is 46.4 Å². The van der Waals surface area contributed by atoms with Gasteiger partial charge in [-0.3, -0.25) is 13.9 Å². The highest BCUT2D eigenvalue weighted by molar-refractivity contribution is 7.92. The number of hydrogen-bond acceptors (Lipinski definition) is 4. The van der Waals surface area contributed by atoms with Crippen LogP contribution in [0.4, 0.5) is 5.69 Å². The number of rotatable bonds is 12. The van der Waals surface area contributed by atoms with Gasteiger partial charge in [0.25, 0.3) is 10.0 Å². The lowest BCUT2D eigenvalue weighted by Crippen LogP contribution is -2.54. The van der Waals surface area contributed by atoms with E-state index in [0.717, 1.165) is 9.87 Å². The SMILES string of the molecule is CC(C)NC(=O)C(Cc1ccccc1)N(Cc1c(Cl)cccc1Cl)C(=O)CN(c1cccc(Cl)c1)S(=O)(=O)c1ccc(Cl)cc1. The lowest BCUT2D eigenvalue weighted by atomic mass is 10.0. The average molecular weight is 708 g/mol. The number of carbonyl (C=O) groups excluding carboxylic acids is 2. The van der Waals surface area contributed by atoms with Crippen LogP contribution in [0.2, 0.25) is 20.1 Å². The normalized spacial score (nSPS) is 12.1. The Morgan fingerprint density at radius 3 is 2.00 bits per heavy atom. The Hall–Kier alpha value is -3.27. The topological polar surface area (TPSA) is 86.8 Å². The molecule has 0 aromatic heterocycles. The van der Waals surface area contributed by atoms with E-state index in [9.17, 15) is 18.0 Å². The lowest BCUT2D eigenvalue weighted by molar-refractivity contribution is -0.140. The molecule has 0 saturated carbocycles. The number of nitrogens with zero attached hydrogens (tertiary/aromatic N) is 2. The molecule has 0 heterocycles. The van der Waals surface area contributed by atoms with E-state index >= 15 is 0 Å². The highest BCUT2D eigenvalue weighted by atomic mass is 35.5. The maximum absolute atomic E-state index is 14.5. The summed E-state index contributed by atoms with van der Waals surface area (Å²) in [5.41, 5.74) is 1.37. The van der Waals surface area contributed by atoms with Crippen molar-refractivity contribution in [2.24, 2.45) is 0 Å². The van der Waals surface area contributed by atoms with Gasteiger partial charge in [0.15, 0.2) is 0 Å². The molecule has 0 fully saturated rings. The minimum atomic E-state index is -4.31. The molecule has 0 spiro atoms. The van der Waals surface area contributed by atoms with Gasteiger partial charge >= 0.3 is 0 Å². The summed E-state index contributed by atoms with van der Waals surface area (Å²) in [6, 6.07) is 24.7. The fourth-order valence-electron chi connectivity index (χ4n) is 4.68. The van der Waals surface area contributed by atoms with Crippen LogP contribution in [0, 0.1) is 0 Å². The summed E-state index contributed by atoms with van der Waals surface area (Å²) < 4.78 is 29.1. The fourth-order valence-corrected chi connectivity index (χ4v) is 6.92. The predicted molar refractivity (Wildman–Crippen MR) is 182 cm³/mol. The van der Waals surface area contributed by atoms with E-state index in [-0.39, 0.29) is 34.6 Å². The molecule has 1 atom stereocenters. The third-order valence-electron chi connectivity index (χ3n) is 6.87. The van der Waals surface area contributed by atoms with Crippen molar-refractivity contribution in [3.05, 3.63) is 128 Å². The number of amides is 2. The van der Waals surface area contributed by atoms with Gasteiger partial charge in [-0.25, -0.2) is 8.42 Å². The van der Waals surface area contributed by atoms with Gasteiger partial charge in [-0.1, -0.05) is 88.9 Å². The number of carbonyl (C=O) groups is 2. The van der Waals surface area contributed by atoms with Gasteiger partial charge in [0, 0.05) is 44.7 Å². The third-order valence-corrected chi connectivity index (χ3v) is 9.85. The third kappa shape index (κ3) is 8.93. The second kappa shape index (κ2) is 15.3. The molecule has 0 aliphatic heterocycles. The van der Waals surface area contributed by atoms with Crippen LogP contribution in [0.15, 0.2) is 102 Å². The van der Waals surface area contributed by atoms with E-state index in [2.05, 4.69) is 5.32 Å². The van der Waals surface area contributed by atoms with Crippen LogP contribution in [-0.2, 0) is 32.6 Å². The summed E-state index contributed by atoms with van der Waals surface area (Å²) in [6.07, 6.45) is 0.147. The molecule has 1 unspecified atom stereocenters. The standard InChI is InChI=1S/C33H31Cl4N3O4S/c1-22(2)38-33(42)31(18-23-8-4-3-5-9-23)39(20-28-29(36)12-7-13-30(28)37)32(41)21-40(26-11-6-10-25(35)19-26)45(43,44)27-16-14-24(34)15-17-27/h3-17,19,22,31H,18,20-21H2,1-2H3,(H,38,42). The minimum absolute atomic E-state index is 0.0845. The number of halogens is 4. The summed E-state index contributed by atoms with van der Waals surface area (Å²) in [5, 5.41) is 4.12. The van der Waals surface area contributed by atoms with Crippen molar-refractivity contribution in [2.45, 2.75) is 43.8 Å². The van der Waals surface area contributed by atoms with Gasteiger partial charge in [-0.2, -0.15) is 0 Å². The van der Waals surface area contributed by atoms with Crippen molar-refractivity contribution in [2.75, 3.05) is 10.8 Å². The molecule has 4 rings (SSSR count). The van der Waals surface area contributed by atoms with Gasteiger partial charge in [-0.15, -0.1) is 0 Å². The Kier molecular flexibility index (Phi) is 11.8. The van der Waals surface area contributed by atoms with Gasteiger partial charge in [0.2, 0.25) is 11.8 Å². The van der Waals surface area contributed by atoms with Gasteiger partial charge in [0.05, 0.1) is 10.6 Å². The van der Waals surface area contributed by atoms with Crippen LogP contribution in [0.3, 0.4) is 0 Å². The lowest BCUT2D eigenvalue weighted by Gasteiger charge is -2.34. The molecule has 1 N–H and O–H groups in total. The average Bonchev–Trinajstić information content (AvgIpc) is 2.99. The van der Waals surface area contributed by atoms with Crippen LogP contribution in [0.25, 0.3) is 0 Å². The highest BCUT2D eigenvalue weighted by Gasteiger charge is 2.35. The van der Waals surface area contributed by atoms with E-state index < -0.39 is 34.4 Å². The highest BCUT2D eigenvalue weighted by Crippen LogP contribution is 2.30. The number of nitrogens with one attached hydrogen (secondary N) is 1. The Morgan fingerprint density at radius 2 is 1.40 bits per heavy atom. The summed E-state index contributed by atoms with van der Waals surface area (Å²) in [4.78, 5) is 29.5. The molecular formula is C33H31Cl4N3O4S. The van der Waals surface area contributed by atoms with Crippen LogP contribution in [-0.4, -0.2) is 43.8 Å². The molecule has 0 radical (unpaired) electrons. The summed E-state index contributed by atoms with van der Waals surface area (Å²) in [5.74, 6) is -1.08. The Bertz CT molecular complexity index is 1730. The molecule has 4 aromatic carbocycles. The zero-order valence-electron chi connectivity index (χ0n) is 24.5. The van der Waals surface area contributed by atoms with Crippen molar-refractivity contribution in [3.8, 4) is 0 Å². The molecule has 4 aromatic rings. The zero-order chi connectivity index (χ0) is 32.7. The zero-order valence-corrected chi connectivity index (χ0v) is 28.3. The van der Waals surface area contributed by atoms with Crippen LogP contribution in [0.1, 0.15) is 25.0 Å². The quantitative estimate of drug-likeness (QED) is 0.164. The van der Waals surface area contributed by atoms with E-state index in [1.807, 2.05) is 44.2 Å². The first-order chi connectivity index (χ1) is 21.4. The fraction of sp³-hybridized carbons (Fsp3) is 0.212. The molecule has 0 saturated heterocycles. The first-order valence-corrected chi connectivity index (χ1v) is 16.9. The minimum Gasteiger partial charge on any atom is -0.352 e. The molecule has 0 aliphatic rings. The van der Waals surface area contributed by atoms with Crippen LogP contribution < -0.4 is 9.62 Å². The van der Waals surface area contributed by atoms with Gasteiger partial charge in [-0.05, 0) is 74.0 Å². The molecule has 0 aliphatic carbocycles. The van der Waals surface area contributed by atoms with E-state index in [1.165, 1.54) is 41.3 Å². The number of benzene rings is 4. The maximum Gasteiger partial charge on any atom is 0.264 e. The summed E-state index contributed by atoms with van der Waals surface area (Å²) in [7, 11) is -4.31. The van der Waals surface area contributed by atoms with Crippen molar-refractivity contribution in [1.29, 1.82) is 0 Å². The second-order valence-corrected chi connectivity index (χ2v) is 14.1. The molecular weight excluding hydrogens is 676 g/mol. The molecule has 236 valence electrons. The first-order valence-electron chi connectivity index (χ1n) is 14.0. The molecule has 7 nitrogen and oxygen atoms in total. The molecule has 45 heavy (non-hydrogen) atoms. The number of anilines is 1. The Labute approximate surface area is 283 Å². The van der Waals surface area contributed by atoms with Gasteiger partial charge in [0.1, 0.15) is 12.6 Å². The van der Waals surface area contributed by atoms with E-state index in [0.29, 0.717) is 20.6 Å². The van der Waals surface area contributed by atoms with Crippen LogP contribution >= 0.6 is 46.4 Å². The first kappa shape index (κ1) is 34.6. The van der Waals surface area contributed by atoms with Crippen molar-refractivity contribution >= 4 is 73.9 Å². The number of hydrogen-bond donors (Lipinski definition) is 1. The van der Waals surface area contributed by atoms with Crippen LogP contribution in [0.5, 0.6) is 0 Å². The molecule has 12 heteroatoms. The summed E-state index contributed by atoms with van der Waals surface area (Å²) >= 11 is 25.4. The second-order valence-electron chi connectivity index (χ2n) is 10.5. The van der Waals surface area contributed by atoms with E-state index in [1.54, 1.807) is 30.3 Å². The van der Waals surface area contributed by atoms with Crippen molar-refractivity contribution in [1.82, 2.24) is 10.2 Å². The Balaban J connectivity index is 1.84. The number of sulfonamides is 1. The molecule has 0 bridgehead atoms. The Morgan fingerprint density at radius 1 is 0.778 bits per heavy atom.